The van der Waals surface area contributed by atoms with Crippen molar-refractivity contribution >= 4 is 54.6 Å². The van der Waals surface area contributed by atoms with Gasteiger partial charge < -0.3 is 9.13 Å². The van der Waals surface area contributed by atoms with Crippen molar-refractivity contribution in [2.75, 3.05) is 0 Å². The van der Waals surface area contributed by atoms with E-state index in [1.807, 2.05) is 49.1 Å². The van der Waals surface area contributed by atoms with Crippen LogP contribution in [-0.2, 0) is 0 Å². The van der Waals surface area contributed by atoms with E-state index in [0.29, 0.717) is 0 Å². The zero-order valence-electron chi connectivity index (χ0n) is 25.7. The van der Waals surface area contributed by atoms with Crippen LogP contribution in [0.1, 0.15) is 0 Å². The van der Waals surface area contributed by atoms with E-state index >= 15 is 0 Å². The Morgan fingerprint density at radius 1 is 0.354 bits per heavy atom. The second kappa shape index (κ2) is 10.4. The Balaban J connectivity index is 1.11. The van der Waals surface area contributed by atoms with Gasteiger partial charge in [0.15, 0.2) is 0 Å². The zero-order chi connectivity index (χ0) is 31.6. The van der Waals surface area contributed by atoms with E-state index in [2.05, 4.69) is 128 Å². The summed E-state index contributed by atoms with van der Waals surface area (Å²) in [5.74, 6) is 0. The fourth-order valence-corrected chi connectivity index (χ4v) is 7.13. The van der Waals surface area contributed by atoms with Gasteiger partial charge in [-0.2, -0.15) is 0 Å². The highest BCUT2D eigenvalue weighted by Gasteiger charge is 2.17. The highest BCUT2D eigenvalue weighted by molar-refractivity contribution is 6.10. The Morgan fingerprint density at radius 2 is 0.750 bits per heavy atom. The Morgan fingerprint density at radius 3 is 1.21 bits per heavy atom. The van der Waals surface area contributed by atoms with Gasteiger partial charge in [-0.15, -0.1) is 0 Å². The summed E-state index contributed by atoms with van der Waals surface area (Å²) in [5.41, 5.74) is 12.0. The number of fused-ring (bicyclic) bond motifs is 7. The molecule has 6 nitrogen and oxygen atoms in total. The molecular formula is C42H26N6. The molecule has 5 aromatic heterocycles. The first-order valence-electron chi connectivity index (χ1n) is 16.0. The number of hydrogen-bond donors (Lipinski definition) is 0. The molecule has 0 unspecified atom stereocenters. The van der Waals surface area contributed by atoms with Gasteiger partial charge in [0.1, 0.15) is 0 Å². The zero-order valence-corrected chi connectivity index (χ0v) is 25.7. The van der Waals surface area contributed by atoms with Crippen LogP contribution >= 0.6 is 0 Å². The van der Waals surface area contributed by atoms with Gasteiger partial charge in [-0.05, 0) is 60.7 Å². The molecule has 10 rings (SSSR count). The minimum Gasteiger partial charge on any atom is -0.308 e. The topological polar surface area (TPSA) is 61.4 Å². The van der Waals surface area contributed by atoms with Crippen molar-refractivity contribution in [2.24, 2.45) is 0 Å². The molecule has 6 heteroatoms. The quantitative estimate of drug-likeness (QED) is 0.198. The molecule has 0 aliphatic heterocycles. The first-order valence-corrected chi connectivity index (χ1v) is 16.0. The van der Waals surface area contributed by atoms with Crippen LogP contribution in [0.2, 0.25) is 0 Å². The summed E-state index contributed by atoms with van der Waals surface area (Å²) < 4.78 is 4.55. The number of rotatable bonds is 4. The highest BCUT2D eigenvalue weighted by atomic mass is 15.0. The van der Waals surface area contributed by atoms with E-state index in [9.17, 15) is 0 Å². The lowest BCUT2D eigenvalue weighted by molar-refractivity contribution is 1.16. The predicted octanol–water partition coefficient (Wildman–Crippen LogP) is 9.95. The third kappa shape index (κ3) is 3.99. The van der Waals surface area contributed by atoms with E-state index in [4.69, 9.17) is 9.97 Å². The number of pyridine rings is 2. The van der Waals surface area contributed by atoms with Crippen LogP contribution in [0.15, 0.2) is 158 Å². The van der Waals surface area contributed by atoms with Crippen LogP contribution in [0.3, 0.4) is 0 Å². The third-order valence-electron chi connectivity index (χ3n) is 9.32. The van der Waals surface area contributed by atoms with Crippen LogP contribution in [0, 0.1) is 0 Å². The standard InChI is InChI=1S/C42H26N6/c1-5-11-37-31(7-1)33-21-23-43-25-39(33)47(37)29-17-13-27(14-18-29)41-42(46-36-10-4-3-9-35(36)45-41)28-15-19-30(20-16-28)48-38-12-6-2-8-32(38)34-22-24-44-26-40(34)48/h1-26H. The SMILES string of the molecule is c1ccc2nc(-c3ccc(-n4c5ccccc5c5ccncc54)cc3)c(-c3ccc(-n4c5ccccc5c5ccncc54)cc3)nc2c1. The van der Waals surface area contributed by atoms with Crippen molar-refractivity contribution in [1.82, 2.24) is 29.1 Å². The van der Waals surface area contributed by atoms with Crippen LogP contribution in [0.25, 0.3) is 88.5 Å². The molecule has 5 heterocycles. The largest absolute Gasteiger partial charge is 0.308 e. The molecule has 0 saturated heterocycles. The van der Waals surface area contributed by atoms with Gasteiger partial charge in [0.25, 0.3) is 0 Å². The lowest BCUT2D eigenvalue weighted by Crippen LogP contribution is -1.98. The van der Waals surface area contributed by atoms with Crippen molar-refractivity contribution < 1.29 is 0 Å². The van der Waals surface area contributed by atoms with Crippen LogP contribution in [-0.4, -0.2) is 29.1 Å². The van der Waals surface area contributed by atoms with Crippen molar-refractivity contribution in [3.05, 3.63) is 158 Å². The maximum absolute atomic E-state index is 5.18. The summed E-state index contributed by atoms with van der Waals surface area (Å²) in [4.78, 5) is 19.2. The lowest BCUT2D eigenvalue weighted by atomic mass is 10.0. The number of nitrogens with zero attached hydrogens (tertiary/aromatic N) is 6. The maximum Gasteiger partial charge on any atom is 0.0973 e. The van der Waals surface area contributed by atoms with E-state index in [1.54, 1.807) is 0 Å². The lowest BCUT2D eigenvalue weighted by Gasteiger charge is -2.13. The smallest absolute Gasteiger partial charge is 0.0973 e. The third-order valence-corrected chi connectivity index (χ3v) is 9.32. The summed E-state index contributed by atoms with van der Waals surface area (Å²) in [6, 6.07) is 46.5. The van der Waals surface area contributed by atoms with Crippen molar-refractivity contribution in [1.29, 1.82) is 0 Å². The minimum atomic E-state index is 0.845. The van der Waals surface area contributed by atoms with E-state index in [-0.39, 0.29) is 0 Å². The molecule has 0 amide bonds. The molecule has 0 aliphatic carbocycles. The van der Waals surface area contributed by atoms with Gasteiger partial charge in [0, 0.05) is 56.4 Å². The summed E-state index contributed by atoms with van der Waals surface area (Å²) >= 11 is 0. The molecule has 0 spiro atoms. The van der Waals surface area contributed by atoms with E-state index < -0.39 is 0 Å². The summed E-state index contributed by atoms with van der Waals surface area (Å²) in [6.45, 7) is 0. The van der Waals surface area contributed by atoms with Gasteiger partial charge >= 0.3 is 0 Å². The highest BCUT2D eigenvalue weighted by Crippen LogP contribution is 2.36. The molecular weight excluding hydrogens is 589 g/mol. The molecule has 0 aliphatic rings. The fourth-order valence-electron chi connectivity index (χ4n) is 7.13. The van der Waals surface area contributed by atoms with Gasteiger partial charge in [0.2, 0.25) is 0 Å². The second-order valence-corrected chi connectivity index (χ2v) is 12.0. The molecule has 0 saturated carbocycles. The Hall–Kier alpha value is -6.66. The first-order chi connectivity index (χ1) is 23.8. The van der Waals surface area contributed by atoms with Gasteiger partial charge in [0.05, 0.1) is 56.9 Å². The average Bonchev–Trinajstić information content (AvgIpc) is 3.68. The van der Waals surface area contributed by atoms with Crippen LogP contribution in [0.4, 0.5) is 0 Å². The molecule has 0 bridgehead atoms. The van der Waals surface area contributed by atoms with Crippen molar-refractivity contribution in [2.45, 2.75) is 0 Å². The number of para-hydroxylation sites is 4. The second-order valence-electron chi connectivity index (χ2n) is 12.0. The first kappa shape index (κ1) is 26.5. The molecule has 0 atom stereocenters. The Labute approximate surface area is 275 Å². The molecule has 10 aromatic rings. The number of benzene rings is 5. The predicted molar refractivity (Wildman–Crippen MR) is 195 cm³/mol. The van der Waals surface area contributed by atoms with Crippen molar-refractivity contribution in [3.63, 3.8) is 0 Å². The minimum absolute atomic E-state index is 0.845. The average molecular weight is 615 g/mol. The Kier molecular flexibility index (Phi) is 5.77. The normalized spacial score (nSPS) is 11.8. The summed E-state index contributed by atoms with van der Waals surface area (Å²) in [5, 5.41) is 4.80. The van der Waals surface area contributed by atoms with Gasteiger partial charge in [-0.3, -0.25) is 9.97 Å². The van der Waals surface area contributed by atoms with E-state index in [1.165, 1.54) is 21.5 Å². The summed E-state index contributed by atoms with van der Waals surface area (Å²) in [6.07, 6.45) is 7.59. The van der Waals surface area contributed by atoms with Crippen molar-refractivity contribution in [3.8, 4) is 33.9 Å². The fraction of sp³-hybridized carbons (Fsp3) is 0. The molecule has 0 fully saturated rings. The molecule has 5 aromatic carbocycles. The summed E-state index contributed by atoms with van der Waals surface area (Å²) in [7, 11) is 0. The monoisotopic (exact) mass is 614 g/mol. The Bertz CT molecular complexity index is 2530. The van der Waals surface area contributed by atoms with Crippen LogP contribution < -0.4 is 0 Å². The molecule has 0 N–H and O–H groups in total. The molecule has 224 valence electrons. The molecule has 0 radical (unpaired) electrons. The maximum atomic E-state index is 5.18. The number of hydrogen-bond acceptors (Lipinski definition) is 4. The van der Waals surface area contributed by atoms with E-state index in [0.717, 1.165) is 67.0 Å². The molecule has 48 heavy (non-hydrogen) atoms. The van der Waals surface area contributed by atoms with Crippen LogP contribution in [0.5, 0.6) is 0 Å². The van der Waals surface area contributed by atoms with Gasteiger partial charge in [-0.25, -0.2) is 9.97 Å². The van der Waals surface area contributed by atoms with Gasteiger partial charge in [-0.1, -0.05) is 72.8 Å². The number of aromatic nitrogens is 6.